The first-order valence-corrected chi connectivity index (χ1v) is 10.1. The largest absolute Gasteiger partial charge is 0.333 e. The van der Waals surface area contributed by atoms with Crippen molar-refractivity contribution in [3.63, 3.8) is 0 Å². The van der Waals surface area contributed by atoms with Gasteiger partial charge in [0, 0.05) is 39.3 Å². The van der Waals surface area contributed by atoms with Gasteiger partial charge in [-0.05, 0) is 32.7 Å². The lowest BCUT2D eigenvalue weighted by Crippen LogP contribution is -2.55. The van der Waals surface area contributed by atoms with Crippen molar-refractivity contribution in [1.82, 2.24) is 9.80 Å². The second-order valence-corrected chi connectivity index (χ2v) is 6.92. The van der Waals surface area contributed by atoms with Crippen molar-refractivity contribution in [2.24, 2.45) is 5.73 Å². The highest BCUT2D eigenvalue weighted by molar-refractivity contribution is 4.78. The minimum absolute atomic E-state index is 1.32. The fourth-order valence-electron chi connectivity index (χ4n) is 4.09. The molecule has 0 atom stereocenters. The average Bonchev–Trinajstić information content (AvgIpc) is 2.60. The molecule has 3 saturated heterocycles. The molecule has 23 heavy (non-hydrogen) atoms. The maximum Gasteiger partial charge on any atom is 0.0783 e. The van der Waals surface area contributed by atoms with Gasteiger partial charge in [0.05, 0.1) is 26.2 Å². The summed E-state index contributed by atoms with van der Waals surface area (Å²) in [5, 5.41) is 0. The first kappa shape index (κ1) is 22.8. The summed E-state index contributed by atoms with van der Waals surface area (Å²) in [4.78, 5) is 5.08. The maximum atomic E-state index is 4.50. The summed E-state index contributed by atoms with van der Waals surface area (Å²) >= 11 is 0. The molecule has 0 aromatic rings. The Kier molecular flexibility index (Phi) is 14.1. The van der Waals surface area contributed by atoms with Crippen LogP contribution in [0.2, 0.25) is 0 Å². The SMILES string of the molecule is C1CN2CCN1CC2.CCC[N+](CCC)(CCC)CCC.CN. The number of nitrogens with zero attached hydrogens (tertiary/aromatic N) is 3. The fourth-order valence-corrected chi connectivity index (χ4v) is 4.09. The first-order chi connectivity index (χ1) is 11.2. The third-order valence-electron chi connectivity index (χ3n) is 4.99. The molecule has 4 nitrogen and oxygen atoms in total. The van der Waals surface area contributed by atoms with Crippen molar-refractivity contribution >= 4 is 0 Å². The smallest absolute Gasteiger partial charge is 0.0783 e. The number of hydrogen-bond donors (Lipinski definition) is 1. The molecule has 2 bridgehead atoms. The van der Waals surface area contributed by atoms with E-state index in [-0.39, 0.29) is 0 Å². The minimum Gasteiger partial charge on any atom is -0.333 e. The molecule has 0 amide bonds. The second kappa shape index (κ2) is 14.2. The van der Waals surface area contributed by atoms with Gasteiger partial charge in [-0.15, -0.1) is 0 Å². The third kappa shape index (κ3) is 9.04. The Morgan fingerprint density at radius 1 is 0.565 bits per heavy atom. The first-order valence-electron chi connectivity index (χ1n) is 10.1. The molecule has 3 aliphatic heterocycles. The Morgan fingerprint density at radius 2 is 0.783 bits per heavy atom. The highest BCUT2D eigenvalue weighted by Gasteiger charge is 2.23. The van der Waals surface area contributed by atoms with E-state index in [4.69, 9.17) is 0 Å². The number of nitrogens with two attached hydrogens (primary N) is 1. The van der Waals surface area contributed by atoms with Crippen LogP contribution in [0.3, 0.4) is 0 Å². The van der Waals surface area contributed by atoms with E-state index >= 15 is 0 Å². The van der Waals surface area contributed by atoms with Gasteiger partial charge >= 0.3 is 0 Å². The molecule has 0 spiro atoms. The Balaban J connectivity index is 0.000000406. The summed E-state index contributed by atoms with van der Waals surface area (Å²) in [5.41, 5.74) is 4.50. The van der Waals surface area contributed by atoms with Crippen LogP contribution in [0.4, 0.5) is 0 Å². The summed E-state index contributed by atoms with van der Waals surface area (Å²) in [6, 6.07) is 0. The van der Waals surface area contributed by atoms with Crippen molar-refractivity contribution < 1.29 is 4.48 Å². The summed E-state index contributed by atoms with van der Waals surface area (Å²) < 4.78 is 1.38. The molecule has 0 aliphatic carbocycles. The predicted molar refractivity (Wildman–Crippen MR) is 104 cm³/mol. The lowest BCUT2D eigenvalue weighted by Gasteiger charge is -2.41. The van der Waals surface area contributed by atoms with E-state index in [9.17, 15) is 0 Å². The highest BCUT2D eigenvalue weighted by atomic mass is 15.3. The van der Waals surface area contributed by atoms with Gasteiger partial charge in [-0.2, -0.15) is 0 Å². The van der Waals surface area contributed by atoms with Crippen molar-refractivity contribution in [2.75, 3.05) is 72.5 Å². The molecule has 0 saturated carbocycles. The van der Waals surface area contributed by atoms with E-state index in [1.165, 1.54) is 103 Å². The summed E-state index contributed by atoms with van der Waals surface area (Å²) in [5.74, 6) is 0. The van der Waals surface area contributed by atoms with Gasteiger partial charge in [0.2, 0.25) is 0 Å². The predicted octanol–water partition coefficient (Wildman–Crippen LogP) is 2.64. The van der Waals surface area contributed by atoms with Gasteiger partial charge < -0.3 is 10.2 Å². The Labute approximate surface area is 146 Å². The lowest BCUT2D eigenvalue weighted by atomic mass is 10.2. The van der Waals surface area contributed by atoms with E-state index in [2.05, 4.69) is 43.2 Å². The molecule has 0 aromatic heterocycles. The zero-order valence-electron chi connectivity index (χ0n) is 16.8. The van der Waals surface area contributed by atoms with Crippen molar-refractivity contribution in [2.45, 2.75) is 53.4 Å². The molecular formula is C19H45N4+. The monoisotopic (exact) mass is 329 g/mol. The normalized spacial score (nSPS) is 22.7. The molecular weight excluding hydrogens is 284 g/mol. The van der Waals surface area contributed by atoms with Gasteiger partial charge in [0.25, 0.3) is 0 Å². The summed E-state index contributed by atoms with van der Waals surface area (Å²) in [6.07, 6.45) is 5.33. The Bertz CT molecular complexity index is 197. The quantitative estimate of drug-likeness (QED) is 0.695. The van der Waals surface area contributed by atoms with Crippen LogP contribution in [-0.4, -0.2) is 86.8 Å². The van der Waals surface area contributed by atoms with Crippen LogP contribution in [0.25, 0.3) is 0 Å². The summed E-state index contributed by atoms with van der Waals surface area (Å²) in [7, 11) is 1.50. The van der Waals surface area contributed by atoms with E-state index in [0.29, 0.717) is 0 Å². The molecule has 140 valence electrons. The molecule has 3 heterocycles. The van der Waals surface area contributed by atoms with Crippen molar-refractivity contribution in [3.05, 3.63) is 0 Å². The molecule has 4 heteroatoms. The van der Waals surface area contributed by atoms with Crippen LogP contribution < -0.4 is 5.73 Å². The fraction of sp³-hybridized carbons (Fsp3) is 1.00. The molecule has 2 N–H and O–H groups in total. The number of rotatable bonds is 8. The van der Waals surface area contributed by atoms with Gasteiger partial charge in [-0.25, -0.2) is 0 Å². The van der Waals surface area contributed by atoms with E-state index < -0.39 is 0 Å². The zero-order chi connectivity index (χ0) is 17.6. The van der Waals surface area contributed by atoms with Crippen LogP contribution >= 0.6 is 0 Å². The van der Waals surface area contributed by atoms with Crippen LogP contribution in [0.5, 0.6) is 0 Å². The number of hydrogen-bond acceptors (Lipinski definition) is 3. The van der Waals surface area contributed by atoms with Gasteiger partial charge in [-0.1, -0.05) is 27.7 Å². The third-order valence-corrected chi connectivity index (χ3v) is 4.99. The summed E-state index contributed by atoms with van der Waals surface area (Å²) in [6.45, 7) is 22.7. The van der Waals surface area contributed by atoms with E-state index in [0.717, 1.165) is 0 Å². The Morgan fingerprint density at radius 3 is 0.913 bits per heavy atom. The Hall–Kier alpha value is -0.160. The lowest BCUT2D eigenvalue weighted by molar-refractivity contribution is -0.928. The van der Waals surface area contributed by atoms with Crippen molar-refractivity contribution in [1.29, 1.82) is 0 Å². The topological polar surface area (TPSA) is 32.5 Å². The second-order valence-electron chi connectivity index (χ2n) is 6.92. The van der Waals surface area contributed by atoms with Crippen molar-refractivity contribution in [3.8, 4) is 0 Å². The van der Waals surface area contributed by atoms with Gasteiger partial charge in [0.1, 0.15) is 0 Å². The van der Waals surface area contributed by atoms with E-state index in [1.807, 2.05) is 0 Å². The van der Waals surface area contributed by atoms with E-state index in [1.54, 1.807) is 0 Å². The molecule has 3 rings (SSSR count). The zero-order valence-corrected chi connectivity index (χ0v) is 16.8. The molecule has 0 unspecified atom stereocenters. The van der Waals surface area contributed by atoms with Crippen LogP contribution in [-0.2, 0) is 0 Å². The number of fused-ring (bicyclic) bond motifs is 3. The molecule has 3 aliphatic rings. The highest BCUT2D eigenvalue weighted by Crippen LogP contribution is 2.12. The maximum absolute atomic E-state index is 4.50. The standard InChI is InChI=1S/C12H28N.C6H12N2.CH5N/c1-5-9-13(10-6-2,11-7-3)12-8-4;1-2-8-5-3-7(1)4-6-8;1-2/h5-12H2,1-4H3;1-6H2;2H2,1H3/q+1;;. The minimum atomic E-state index is 1.32. The van der Waals surface area contributed by atoms with Crippen LogP contribution in [0.15, 0.2) is 0 Å². The number of piperazine rings is 3. The number of quaternary nitrogens is 1. The molecule has 3 fully saturated rings. The van der Waals surface area contributed by atoms with Gasteiger partial charge in [-0.3, -0.25) is 9.80 Å². The van der Waals surface area contributed by atoms with Crippen LogP contribution in [0, 0.1) is 0 Å². The molecule has 0 radical (unpaired) electrons. The van der Waals surface area contributed by atoms with Crippen LogP contribution in [0.1, 0.15) is 53.4 Å². The molecule has 0 aromatic carbocycles. The van der Waals surface area contributed by atoms with Gasteiger partial charge in [0.15, 0.2) is 0 Å². The average molecular weight is 330 g/mol.